The molecule has 6 heteroatoms. The number of nitrogens with zero attached hydrogens (tertiary/aromatic N) is 1. The number of halogens is 4. The number of alkyl halides is 2. The van der Waals surface area contributed by atoms with E-state index in [0.717, 1.165) is 13.2 Å². The first-order valence-corrected chi connectivity index (χ1v) is 4.03. The van der Waals surface area contributed by atoms with Crippen LogP contribution in [0, 0.1) is 5.82 Å². The Morgan fingerprint density at radius 2 is 2.15 bits per heavy atom. The molecule has 1 aromatic rings. The Balaban J connectivity index is 3.27. The van der Waals surface area contributed by atoms with Gasteiger partial charge in [-0.15, -0.1) is 0 Å². The van der Waals surface area contributed by atoms with E-state index < -0.39 is 23.7 Å². The average Bonchev–Trinajstić information content (AvgIpc) is 2.08. The molecule has 0 aromatic carbocycles. The van der Waals surface area contributed by atoms with Crippen molar-refractivity contribution in [2.75, 3.05) is 7.11 Å². The summed E-state index contributed by atoms with van der Waals surface area (Å²) in [7, 11) is 1.16. The third-order valence-corrected chi connectivity index (χ3v) is 1.76. The summed E-state index contributed by atoms with van der Waals surface area (Å²) in [5.41, 5.74) is -0.723. The van der Waals surface area contributed by atoms with Crippen molar-refractivity contribution in [1.29, 1.82) is 0 Å². The lowest BCUT2D eigenvalue weighted by atomic mass is 10.2. The zero-order chi connectivity index (χ0) is 10.0. The molecule has 0 radical (unpaired) electrons. The molecule has 0 saturated heterocycles. The van der Waals surface area contributed by atoms with Gasteiger partial charge in [0.05, 0.1) is 12.7 Å². The highest BCUT2D eigenvalue weighted by Gasteiger charge is 2.19. The van der Waals surface area contributed by atoms with Crippen molar-refractivity contribution >= 4 is 15.9 Å². The van der Waals surface area contributed by atoms with Crippen molar-refractivity contribution in [3.63, 3.8) is 0 Å². The van der Waals surface area contributed by atoms with Crippen LogP contribution in [-0.4, -0.2) is 12.1 Å². The standard InChI is InChI=1S/C7H5BrF3NO/c1-13-7-5(9)3(6(10)11)2-4(8)12-7/h2,6H,1H3. The second kappa shape index (κ2) is 3.95. The van der Waals surface area contributed by atoms with Crippen LogP contribution in [0.3, 0.4) is 0 Å². The molecule has 2 nitrogen and oxygen atoms in total. The van der Waals surface area contributed by atoms with Gasteiger partial charge in [0.25, 0.3) is 12.3 Å². The maximum absolute atomic E-state index is 13.0. The first-order valence-electron chi connectivity index (χ1n) is 3.24. The van der Waals surface area contributed by atoms with E-state index >= 15 is 0 Å². The lowest BCUT2D eigenvalue weighted by molar-refractivity contribution is 0.144. The van der Waals surface area contributed by atoms with E-state index in [9.17, 15) is 13.2 Å². The topological polar surface area (TPSA) is 22.1 Å². The van der Waals surface area contributed by atoms with Crippen LogP contribution in [0.2, 0.25) is 0 Å². The van der Waals surface area contributed by atoms with Gasteiger partial charge in [-0.05, 0) is 22.0 Å². The molecule has 0 spiro atoms. The van der Waals surface area contributed by atoms with Crippen LogP contribution in [0.15, 0.2) is 10.7 Å². The molecule has 1 rings (SSSR count). The molecule has 72 valence electrons. The summed E-state index contributed by atoms with van der Waals surface area (Å²) in [6, 6.07) is 0.919. The number of ether oxygens (including phenoxy) is 1. The van der Waals surface area contributed by atoms with E-state index in [0.29, 0.717) is 0 Å². The van der Waals surface area contributed by atoms with Crippen molar-refractivity contribution < 1.29 is 17.9 Å². The Hall–Kier alpha value is -0.780. The largest absolute Gasteiger partial charge is 0.479 e. The number of aromatic nitrogens is 1. The number of hydrogen-bond donors (Lipinski definition) is 0. The van der Waals surface area contributed by atoms with Gasteiger partial charge in [0.15, 0.2) is 5.82 Å². The van der Waals surface area contributed by atoms with Gasteiger partial charge >= 0.3 is 0 Å². The molecule has 0 unspecified atom stereocenters. The number of hydrogen-bond acceptors (Lipinski definition) is 2. The second-order valence-electron chi connectivity index (χ2n) is 2.16. The molecule has 0 saturated carbocycles. The van der Waals surface area contributed by atoms with Crippen molar-refractivity contribution in [2.24, 2.45) is 0 Å². The van der Waals surface area contributed by atoms with E-state index in [2.05, 4.69) is 25.7 Å². The SMILES string of the molecule is COc1nc(Br)cc(C(F)F)c1F. The van der Waals surface area contributed by atoms with Crippen LogP contribution < -0.4 is 4.74 Å². The summed E-state index contributed by atoms with van der Waals surface area (Å²) in [6.45, 7) is 0. The van der Waals surface area contributed by atoms with E-state index in [1.807, 2.05) is 0 Å². The molecule has 0 aliphatic carbocycles. The van der Waals surface area contributed by atoms with Crippen LogP contribution in [0.5, 0.6) is 5.88 Å². The Morgan fingerprint density at radius 3 is 2.62 bits per heavy atom. The van der Waals surface area contributed by atoms with Crippen LogP contribution in [0.25, 0.3) is 0 Å². The summed E-state index contributed by atoms with van der Waals surface area (Å²) < 4.78 is 42.0. The van der Waals surface area contributed by atoms with Crippen molar-refractivity contribution in [1.82, 2.24) is 4.98 Å². The van der Waals surface area contributed by atoms with Gasteiger partial charge in [0.1, 0.15) is 4.60 Å². The summed E-state index contributed by atoms with van der Waals surface area (Å²) in [6.07, 6.45) is -2.88. The van der Waals surface area contributed by atoms with Gasteiger partial charge in [0, 0.05) is 0 Å². The minimum atomic E-state index is -2.88. The average molecular weight is 256 g/mol. The fourth-order valence-corrected chi connectivity index (χ4v) is 1.20. The molecule has 1 aromatic heterocycles. The fourth-order valence-electron chi connectivity index (χ4n) is 0.788. The highest BCUT2D eigenvalue weighted by Crippen LogP contribution is 2.29. The van der Waals surface area contributed by atoms with E-state index in [1.165, 1.54) is 0 Å². The van der Waals surface area contributed by atoms with Crippen LogP contribution in [0.1, 0.15) is 12.0 Å². The lowest BCUT2D eigenvalue weighted by Gasteiger charge is -2.06. The molecule has 0 aliphatic rings. The smallest absolute Gasteiger partial charge is 0.266 e. The predicted molar refractivity (Wildman–Crippen MR) is 43.4 cm³/mol. The van der Waals surface area contributed by atoms with Gasteiger partial charge in [-0.2, -0.15) is 0 Å². The molecule has 0 bridgehead atoms. The summed E-state index contributed by atoms with van der Waals surface area (Å²) in [5.74, 6) is -1.56. The Labute approximate surface area is 80.9 Å². The Kier molecular flexibility index (Phi) is 3.13. The summed E-state index contributed by atoms with van der Waals surface area (Å²) >= 11 is 2.87. The number of rotatable bonds is 2. The zero-order valence-corrected chi connectivity index (χ0v) is 8.11. The maximum Gasteiger partial charge on any atom is 0.266 e. The molecule has 0 fully saturated rings. The highest BCUT2D eigenvalue weighted by atomic mass is 79.9. The zero-order valence-electron chi connectivity index (χ0n) is 6.52. The summed E-state index contributed by atoms with van der Waals surface area (Å²) in [4.78, 5) is 3.52. The molecular weight excluding hydrogens is 251 g/mol. The third kappa shape index (κ3) is 2.12. The first kappa shape index (κ1) is 10.3. The normalized spacial score (nSPS) is 10.6. The van der Waals surface area contributed by atoms with Crippen molar-refractivity contribution in [3.8, 4) is 5.88 Å². The minimum Gasteiger partial charge on any atom is -0.479 e. The fraction of sp³-hybridized carbons (Fsp3) is 0.286. The van der Waals surface area contributed by atoms with Crippen molar-refractivity contribution in [3.05, 3.63) is 22.1 Å². The molecule has 0 N–H and O–H groups in total. The first-order chi connectivity index (χ1) is 6.06. The number of pyridine rings is 1. The molecule has 0 aliphatic heterocycles. The van der Waals surface area contributed by atoms with Crippen LogP contribution in [0.4, 0.5) is 13.2 Å². The maximum atomic E-state index is 13.0. The molecule has 1 heterocycles. The van der Waals surface area contributed by atoms with E-state index in [4.69, 9.17) is 0 Å². The molecule has 13 heavy (non-hydrogen) atoms. The third-order valence-electron chi connectivity index (χ3n) is 1.35. The van der Waals surface area contributed by atoms with Gasteiger partial charge in [-0.25, -0.2) is 18.2 Å². The van der Waals surface area contributed by atoms with E-state index in [-0.39, 0.29) is 4.60 Å². The quantitative estimate of drug-likeness (QED) is 0.759. The highest BCUT2D eigenvalue weighted by molar-refractivity contribution is 9.10. The van der Waals surface area contributed by atoms with Gasteiger partial charge in [0.2, 0.25) is 0 Å². The monoisotopic (exact) mass is 255 g/mol. The molecular formula is C7H5BrF3NO. The van der Waals surface area contributed by atoms with Crippen LogP contribution in [-0.2, 0) is 0 Å². The Morgan fingerprint density at radius 1 is 1.54 bits per heavy atom. The Bertz CT molecular complexity index is 319. The van der Waals surface area contributed by atoms with Crippen LogP contribution >= 0.6 is 15.9 Å². The number of methoxy groups -OCH3 is 1. The van der Waals surface area contributed by atoms with Gasteiger partial charge in [-0.1, -0.05) is 0 Å². The minimum absolute atomic E-state index is 0.112. The van der Waals surface area contributed by atoms with E-state index in [1.54, 1.807) is 0 Å². The van der Waals surface area contributed by atoms with Gasteiger partial charge < -0.3 is 4.74 Å². The summed E-state index contributed by atoms with van der Waals surface area (Å²) in [5, 5.41) is 0. The molecule has 0 atom stereocenters. The predicted octanol–water partition coefficient (Wildman–Crippen LogP) is 2.93. The molecule has 0 amide bonds. The second-order valence-corrected chi connectivity index (χ2v) is 2.97. The lowest BCUT2D eigenvalue weighted by Crippen LogP contribution is -1.98. The van der Waals surface area contributed by atoms with Gasteiger partial charge in [-0.3, -0.25) is 0 Å². The van der Waals surface area contributed by atoms with Crippen molar-refractivity contribution in [2.45, 2.75) is 6.43 Å².